The number of rotatable bonds is 5. The Bertz CT molecular complexity index is 86.9. The topological polar surface area (TPSA) is 0 Å². The first-order valence-electron chi connectivity index (χ1n) is 4.64. The normalized spacial score (nSPS) is 14.5. The van der Waals surface area contributed by atoms with Gasteiger partial charge in [-0.3, -0.25) is 0 Å². The van der Waals surface area contributed by atoms with Crippen LogP contribution in [0, 0.1) is 11.8 Å². The van der Waals surface area contributed by atoms with Crippen molar-refractivity contribution in [3.05, 3.63) is 0 Å². The van der Waals surface area contributed by atoms with E-state index in [1.165, 1.54) is 12.2 Å². The lowest BCUT2D eigenvalue weighted by atomic mass is 10.0. The predicted molar refractivity (Wildman–Crippen MR) is 56.2 cm³/mol. The molecule has 0 nitrogen and oxygen atoms in total. The average Bonchev–Trinajstić information content (AvgIpc) is 1.82. The van der Waals surface area contributed by atoms with Crippen LogP contribution in [0.2, 0.25) is 0 Å². The van der Waals surface area contributed by atoms with Crippen LogP contribution < -0.4 is 0 Å². The van der Waals surface area contributed by atoms with Gasteiger partial charge in [0, 0.05) is 0 Å². The Balaban J connectivity index is 3.29. The second kappa shape index (κ2) is 5.93. The van der Waals surface area contributed by atoms with E-state index in [-0.39, 0.29) is 0 Å². The molecular weight excluding hydrogens is 152 g/mol. The molecule has 0 aromatic carbocycles. The third kappa shape index (κ3) is 8.25. The van der Waals surface area contributed by atoms with Crippen LogP contribution in [0.1, 0.15) is 41.0 Å². The van der Waals surface area contributed by atoms with Gasteiger partial charge < -0.3 is 0 Å². The number of thioether (sulfide) groups is 1. The molecule has 0 amide bonds. The lowest BCUT2D eigenvalue weighted by Crippen LogP contribution is -2.04. The number of hydrogen-bond acceptors (Lipinski definition) is 1. The molecule has 0 aliphatic carbocycles. The summed E-state index contributed by atoms with van der Waals surface area (Å²) in [4.78, 5) is 0. The minimum absolute atomic E-state index is 0.796. The first kappa shape index (κ1) is 11.4. The van der Waals surface area contributed by atoms with E-state index in [1.807, 2.05) is 0 Å². The smallest absolute Gasteiger partial charge is 0.000958 e. The van der Waals surface area contributed by atoms with E-state index in [2.05, 4.69) is 46.4 Å². The molecule has 11 heavy (non-hydrogen) atoms. The van der Waals surface area contributed by atoms with Crippen molar-refractivity contribution in [3.8, 4) is 0 Å². The van der Waals surface area contributed by atoms with Gasteiger partial charge in [-0.25, -0.2) is 0 Å². The van der Waals surface area contributed by atoms with Gasteiger partial charge >= 0.3 is 0 Å². The van der Waals surface area contributed by atoms with Crippen LogP contribution >= 0.6 is 11.8 Å². The lowest BCUT2D eigenvalue weighted by molar-refractivity contribution is 0.474. The summed E-state index contributed by atoms with van der Waals surface area (Å²) in [6.45, 7) is 11.5. The zero-order chi connectivity index (χ0) is 8.85. The molecule has 0 aromatic heterocycles. The second-order valence-corrected chi connectivity index (χ2v) is 5.73. The Morgan fingerprint density at radius 2 is 1.55 bits per heavy atom. The summed E-state index contributed by atoms with van der Waals surface area (Å²) in [5.74, 6) is 3.08. The molecule has 0 fully saturated rings. The molecule has 0 bridgehead atoms. The minimum Gasteiger partial charge on any atom is -0.159 e. The highest BCUT2D eigenvalue weighted by Gasteiger charge is 2.05. The van der Waals surface area contributed by atoms with Crippen LogP contribution in [0.3, 0.4) is 0 Å². The van der Waals surface area contributed by atoms with E-state index in [4.69, 9.17) is 0 Å². The zero-order valence-corrected chi connectivity index (χ0v) is 9.37. The average molecular weight is 174 g/mol. The summed E-state index contributed by atoms with van der Waals surface area (Å²) in [7, 11) is 0. The van der Waals surface area contributed by atoms with Crippen molar-refractivity contribution in [2.24, 2.45) is 11.8 Å². The van der Waals surface area contributed by atoms with Crippen molar-refractivity contribution in [3.63, 3.8) is 0 Å². The minimum atomic E-state index is 0.796. The van der Waals surface area contributed by atoms with Gasteiger partial charge in [0.15, 0.2) is 0 Å². The maximum atomic E-state index is 2.36. The van der Waals surface area contributed by atoms with Gasteiger partial charge in [0.2, 0.25) is 0 Å². The van der Waals surface area contributed by atoms with Crippen molar-refractivity contribution in [2.75, 3.05) is 5.75 Å². The van der Waals surface area contributed by atoms with Crippen molar-refractivity contribution < 1.29 is 0 Å². The molecule has 0 aliphatic heterocycles. The van der Waals surface area contributed by atoms with E-state index in [9.17, 15) is 0 Å². The summed E-state index contributed by atoms with van der Waals surface area (Å²) >= 11 is 2.08. The highest BCUT2D eigenvalue weighted by atomic mass is 32.2. The Morgan fingerprint density at radius 1 is 1.00 bits per heavy atom. The van der Waals surface area contributed by atoms with Crippen molar-refractivity contribution >= 4 is 11.8 Å². The van der Waals surface area contributed by atoms with Crippen molar-refractivity contribution in [1.29, 1.82) is 0 Å². The molecule has 0 saturated heterocycles. The molecule has 0 N–H and O–H groups in total. The van der Waals surface area contributed by atoms with Gasteiger partial charge in [-0.2, -0.15) is 11.8 Å². The summed E-state index contributed by atoms with van der Waals surface area (Å²) in [5.41, 5.74) is 0. The molecule has 0 aromatic rings. The van der Waals surface area contributed by atoms with Crippen LogP contribution in [0.5, 0.6) is 0 Å². The Kier molecular flexibility index (Phi) is 6.12. The largest absolute Gasteiger partial charge is 0.159 e. The van der Waals surface area contributed by atoms with Crippen LogP contribution in [0.15, 0.2) is 0 Å². The van der Waals surface area contributed by atoms with Gasteiger partial charge in [-0.05, 0) is 29.3 Å². The summed E-state index contributed by atoms with van der Waals surface area (Å²) < 4.78 is 0. The van der Waals surface area contributed by atoms with E-state index in [0.29, 0.717) is 0 Å². The van der Waals surface area contributed by atoms with Crippen molar-refractivity contribution in [1.82, 2.24) is 0 Å². The molecule has 68 valence electrons. The SMILES string of the molecule is CC(C)CC(C)CSC(C)C. The summed E-state index contributed by atoms with van der Waals surface area (Å²) in [6.07, 6.45) is 1.37. The van der Waals surface area contributed by atoms with Gasteiger partial charge in [-0.15, -0.1) is 0 Å². The Labute approximate surface area is 76.1 Å². The second-order valence-electron chi connectivity index (χ2n) is 4.12. The highest BCUT2D eigenvalue weighted by molar-refractivity contribution is 7.99. The fourth-order valence-corrected chi connectivity index (χ4v) is 2.08. The molecule has 0 spiro atoms. The Morgan fingerprint density at radius 3 is 1.91 bits per heavy atom. The monoisotopic (exact) mass is 174 g/mol. The van der Waals surface area contributed by atoms with Crippen LogP contribution in [0.25, 0.3) is 0 Å². The van der Waals surface area contributed by atoms with Gasteiger partial charge in [0.1, 0.15) is 0 Å². The van der Waals surface area contributed by atoms with E-state index < -0.39 is 0 Å². The Hall–Kier alpha value is 0.350. The molecule has 0 rings (SSSR count). The highest BCUT2D eigenvalue weighted by Crippen LogP contribution is 2.19. The fourth-order valence-electron chi connectivity index (χ4n) is 1.23. The van der Waals surface area contributed by atoms with Gasteiger partial charge in [0.05, 0.1) is 0 Å². The van der Waals surface area contributed by atoms with Crippen LogP contribution in [-0.4, -0.2) is 11.0 Å². The summed E-state index contributed by atoms with van der Waals surface area (Å²) in [5, 5.41) is 0.796. The first-order chi connectivity index (χ1) is 5.02. The quantitative estimate of drug-likeness (QED) is 0.611. The maximum absolute atomic E-state index is 2.36. The molecule has 1 unspecified atom stereocenters. The van der Waals surface area contributed by atoms with Crippen LogP contribution in [0.4, 0.5) is 0 Å². The third-order valence-electron chi connectivity index (χ3n) is 1.59. The number of hydrogen-bond donors (Lipinski definition) is 0. The standard InChI is InChI=1S/C10H22S/c1-8(2)6-10(5)7-11-9(3)4/h8-10H,6-7H2,1-5H3. The van der Waals surface area contributed by atoms with Gasteiger partial charge in [0.25, 0.3) is 0 Å². The maximum Gasteiger partial charge on any atom is -0.000958 e. The molecule has 1 atom stereocenters. The van der Waals surface area contributed by atoms with Crippen LogP contribution in [-0.2, 0) is 0 Å². The first-order valence-corrected chi connectivity index (χ1v) is 5.68. The molecule has 0 heterocycles. The third-order valence-corrected chi connectivity index (χ3v) is 3.02. The van der Waals surface area contributed by atoms with Gasteiger partial charge in [-0.1, -0.05) is 34.6 Å². The molecule has 0 saturated carbocycles. The predicted octanol–water partition coefficient (Wildman–Crippen LogP) is 3.81. The van der Waals surface area contributed by atoms with E-state index >= 15 is 0 Å². The zero-order valence-electron chi connectivity index (χ0n) is 8.55. The summed E-state index contributed by atoms with van der Waals surface area (Å²) in [6, 6.07) is 0. The molecule has 0 radical (unpaired) electrons. The lowest BCUT2D eigenvalue weighted by Gasteiger charge is -2.14. The molecule has 1 heteroatoms. The molecular formula is C10H22S. The fraction of sp³-hybridized carbons (Fsp3) is 1.00. The van der Waals surface area contributed by atoms with E-state index in [0.717, 1.165) is 17.1 Å². The van der Waals surface area contributed by atoms with E-state index in [1.54, 1.807) is 0 Å². The molecule has 0 aliphatic rings. The van der Waals surface area contributed by atoms with Crippen molar-refractivity contribution in [2.45, 2.75) is 46.3 Å².